The molecule has 0 spiro atoms. The number of aldehydes is 1. The second kappa shape index (κ2) is 8.71. The van der Waals surface area contributed by atoms with Crippen molar-refractivity contribution in [3.05, 3.63) is 48.0 Å². The van der Waals surface area contributed by atoms with Crippen LogP contribution in [0, 0.1) is 11.2 Å². The number of rotatable bonds is 6. The van der Waals surface area contributed by atoms with Crippen molar-refractivity contribution in [2.24, 2.45) is 5.41 Å². The average Bonchev–Trinajstić information content (AvgIpc) is 2.64. The molecule has 1 amide bonds. The summed E-state index contributed by atoms with van der Waals surface area (Å²) in [5.41, 5.74) is -0.0940. The first-order valence-corrected chi connectivity index (χ1v) is 8.45. The summed E-state index contributed by atoms with van der Waals surface area (Å²) < 4.78 is 19.0. The van der Waals surface area contributed by atoms with Crippen LogP contribution < -0.4 is 4.74 Å². The van der Waals surface area contributed by atoms with Crippen molar-refractivity contribution in [3.8, 4) is 16.9 Å². The predicted molar refractivity (Wildman–Crippen MR) is 98.8 cm³/mol. The Labute approximate surface area is 162 Å². The number of halogens is 1. The smallest absolute Gasteiger partial charge is 0.316 e. The molecular formula is C20H21FN2O5. The maximum atomic E-state index is 13.5. The van der Waals surface area contributed by atoms with Crippen molar-refractivity contribution in [2.45, 2.75) is 20.8 Å². The first kappa shape index (κ1) is 21.2. The van der Waals surface area contributed by atoms with Gasteiger partial charge in [-0.1, -0.05) is 12.1 Å². The van der Waals surface area contributed by atoms with Gasteiger partial charge in [-0.15, -0.1) is 0 Å². The van der Waals surface area contributed by atoms with Crippen molar-refractivity contribution in [3.63, 3.8) is 0 Å². The number of esters is 1. The second-order valence-electron chi connectivity index (χ2n) is 6.94. The largest absolute Gasteiger partial charge is 0.424 e. The van der Waals surface area contributed by atoms with Crippen LogP contribution in [0.15, 0.2) is 36.5 Å². The van der Waals surface area contributed by atoms with Gasteiger partial charge in [0.2, 0.25) is 0 Å². The minimum atomic E-state index is -0.834. The summed E-state index contributed by atoms with van der Waals surface area (Å²) in [6.45, 7) is 4.66. The van der Waals surface area contributed by atoms with Gasteiger partial charge in [0.15, 0.2) is 11.4 Å². The molecule has 0 saturated heterocycles. The molecule has 0 unspecified atom stereocenters. The van der Waals surface area contributed by atoms with E-state index in [1.165, 1.54) is 37.6 Å². The van der Waals surface area contributed by atoms with Crippen molar-refractivity contribution < 1.29 is 28.3 Å². The molecule has 1 heterocycles. The quantitative estimate of drug-likeness (QED) is 0.430. The summed E-state index contributed by atoms with van der Waals surface area (Å²) in [4.78, 5) is 44.7. The highest BCUT2D eigenvalue weighted by Crippen LogP contribution is 2.29. The van der Waals surface area contributed by atoms with Gasteiger partial charge in [-0.25, -0.2) is 14.4 Å². The molecular weight excluding hydrogens is 367 g/mol. The number of hydrogen-bond acceptors (Lipinski definition) is 6. The van der Waals surface area contributed by atoms with Gasteiger partial charge in [0.05, 0.1) is 12.5 Å². The molecule has 0 radical (unpaired) electrons. The first-order valence-electron chi connectivity index (χ1n) is 8.45. The maximum Gasteiger partial charge on any atom is 0.316 e. The number of ether oxygens (including phenoxy) is 1. The van der Waals surface area contributed by atoms with Gasteiger partial charge >= 0.3 is 5.97 Å². The van der Waals surface area contributed by atoms with Crippen LogP contribution >= 0.6 is 0 Å². The van der Waals surface area contributed by atoms with E-state index in [0.717, 1.165) is 5.06 Å². The molecule has 0 aliphatic carbocycles. The number of benzene rings is 1. The summed E-state index contributed by atoms with van der Waals surface area (Å²) in [6.07, 6.45) is 1.84. The zero-order valence-electron chi connectivity index (χ0n) is 16.1. The van der Waals surface area contributed by atoms with Crippen molar-refractivity contribution >= 4 is 18.2 Å². The fourth-order valence-electron chi connectivity index (χ4n) is 2.19. The number of pyridine rings is 1. The van der Waals surface area contributed by atoms with Crippen LogP contribution in [0.1, 0.15) is 31.3 Å². The summed E-state index contributed by atoms with van der Waals surface area (Å²) in [5, 5.41) is 0.783. The Morgan fingerprint density at radius 1 is 1.21 bits per heavy atom. The van der Waals surface area contributed by atoms with Crippen molar-refractivity contribution in [1.82, 2.24) is 10.0 Å². The number of carbonyl (C=O) groups excluding carboxylic acids is 3. The van der Waals surface area contributed by atoms with E-state index >= 15 is 0 Å². The van der Waals surface area contributed by atoms with E-state index in [0.29, 0.717) is 17.4 Å². The van der Waals surface area contributed by atoms with E-state index in [2.05, 4.69) is 4.98 Å². The highest BCUT2D eigenvalue weighted by atomic mass is 19.1. The molecule has 2 aromatic rings. The average molecular weight is 388 g/mol. The molecule has 2 rings (SSSR count). The highest BCUT2D eigenvalue weighted by Gasteiger charge is 2.28. The van der Waals surface area contributed by atoms with Crippen LogP contribution in [-0.2, 0) is 14.4 Å². The summed E-state index contributed by atoms with van der Waals surface area (Å²) in [5.74, 6) is -1.89. The summed E-state index contributed by atoms with van der Waals surface area (Å²) >= 11 is 0. The van der Waals surface area contributed by atoms with Gasteiger partial charge in [-0.3, -0.25) is 14.4 Å². The van der Waals surface area contributed by atoms with E-state index in [9.17, 15) is 18.8 Å². The zero-order chi connectivity index (χ0) is 20.9. The molecule has 148 valence electrons. The normalized spacial score (nSPS) is 11.0. The Hall–Kier alpha value is -3.13. The predicted octanol–water partition coefficient (Wildman–Crippen LogP) is 3.04. The first-order chi connectivity index (χ1) is 13.2. The van der Waals surface area contributed by atoms with Gasteiger partial charge in [-0.05, 0) is 44.5 Å². The van der Waals surface area contributed by atoms with E-state index in [4.69, 9.17) is 9.57 Å². The molecule has 0 N–H and O–H groups in total. The van der Waals surface area contributed by atoms with Gasteiger partial charge in [-0.2, -0.15) is 0 Å². The highest BCUT2D eigenvalue weighted by molar-refractivity contribution is 5.96. The second-order valence-corrected chi connectivity index (χ2v) is 6.94. The molecule has 1 aromatic heterocycles. The van der Waals surface area contributed by atoms with E-state index < -0.39 is 23.1 Å². The lowest BCUT2D eigenvalue weighted by Crippen LogP contribution is -2.33. The van der Waals surface area contributed by atoms with Crippen LogP contribution in [0.25, 0.3) is 11.1 Å². The van der Waals surface area contributed by atoms with Crippen molar-refractivity contribution in [2.75, 3.05) is 13.7 Å². The van der Waals surface area contributed by atoms with E-state index in [1.807, 2.05) is 0 Å². The minimum Gasteiger partial charge on any atom is -0.424 e. The molecule has 0 aliphatic rings. The lowest BCUT2D eigenvalue weighted by molar-refractivity contribution is -0.143. The van der Waals surface area contributed by atoms with Gasteiger partial charge < -0.3 is 9.53 Å². The number of carbonyl (C=O) groups is 3. The third kappa shape index (κ3) is 4.98. The Morgan fingerprint density at radius 3 is 2.50 bits per heavy atom. The number of aromatic nitrogens is 1. The van der Waals surface area contributed by atoms with E-state index in [1.54, 1.807) is 26.8 Å². The summed E-state index contributed by atoms with van der Waals surface area (Å²) in [7, 11) is 1.23. The molecule has 0 atom stereocenters. The molecule has 0 saturated carbocycles. The monoisotopic (exact) mass is 388 g/mol. The Balaban J connectivity index is 2.53. The van der Waals surface area contributed by atoms with Gasteiger partial charge in [0.25, 0.3) is 5.91 Å². The Kier molecular flexibility index (Phi) is 6.58. The van der Waals surface area contributed by atoms with Crippen LogP contribution in [0.2, 0.25) is 0 Å². The Morgan fingerprint density at radius 2 is 1.93 bits per heavy atom. The molecule has 0 bridgehead atoms. The Bertz CT molecular complexity index is 892. The molecule has 7 nitrogen and oxygen atoms in total. The fraction of sp³-hybridized carbons (Fsp3) is 0.300. The van der Waals surface area contributed by atoms with Crippen molar-refractivity contribution in [1.29, 1.82) is 0 Å². The lowest BCUT2D eigenvalue weighted by Gasteiger charge is -2.20. The fourth-order valence-corrected chi connectivity index (χ4v) is 2.19. The SMILES string of the molecule is CON(CC=O)C(=O)c1ncc(-c2cccc(F)c2)cc1OC(=O)C(C)(C)C. The summed E-state index contributed by atoms with van der Waals surface area (Å²) in [6, 6.07) is 7.20. The topological polar surface area (TPSA) is 85.8 Å². The van der Waals surface area contributed by atoms with Gasteiger partial charge in [0, 0.05) is 11.8 Å². The third-order valence-corrected chi connectivity index (χ3v) is 3.72. The van der Waals surface area contributed by atoms with E-state index in [-0.39, 0.29) is 18.0 Å². The van der Waals surface area contributed by atoms with Crippen LogP contribution in [-0.4, -0.2) is 41.9 Å². The standard InChI is InChI=1S/C20H21FN2O5/c1-20(2,3)19(26)28-16-11-14(13-6-5-7-15(21)10-13)12-22-17(16)18(25)23(27-4)8-9-24/h5-7,9-12H,8H2,1-4H3. The molecule has 8 heteroatoms. The molecule has 0 aliphatic heterocycles. The molecule has 0 fully saturated rings. The third-order valence-electron chi connectivity index (χ3n) is 3.72. The lowest BCUT2D eigenvalue weighted by atomic mass is 9.97. The number of hydroxylamine groups is 2. The maximum absolute atomic E-state index is 13.5. The number of amides is 1. The molecule has 1 aromatic carbocycles. The zero-order valence-corrected chi connectivity index (χ0v) is 16.1. The number of nitrogens with zero attached hydrogens (tertiary/aromatic N) is 2. The van der Waals surface area contributed by atoms with Gasteiger partial charge in [0.1, 0.15) is 18.6 Å². The van der Waals surface area contributed by atoms with Crippen LogP contribution in [0.3, 0.4) is 0 Å². The van der Waals surface area contributed by atoms with Crippen LogP contribution in [0.5, 0.6) is 5.75 Å². The van der Waals surface area contributed by atoms with Crippen LogP contribution in [0.4, 0.5) is 4.39 Å². The minimum absolute atomic E-state index is 0.111. The number of hydrogen-bond donors (Lipinski definition) is 0. The molecule has 28 heavy (non-hydrogen) atoms.